The van der Waals surface area contributed by atoms with E-state index in [0.29, 0.717) is 37.9 Å². The number of aromatic amines is 1. The molecule has 1 aromatic heterocycles. The molecule has 1 fully saturated rings. The number of fused-ring (bicyclic) bond motifs is 1. The molecule has 0 spiro atoms. The van der Waals surface area contributed by atoms with Crippen LogP contribution in [-0.4, -0.2) is 53.7 Å². The number of sulfonamides is 1. The molecule has 1 saturated heterocycles. The van der Waals surface area contributed by atoms with Gasteiger partial charge in [0.25, 0.3) is 5.91 Å². The van der Waals surface area contributed by atoms with Gasteiger partial charge in [-0.2, -0.15) is 5.10 Å². The van der Waals surface area contributed by atoms with E-state index in [0.717, 1.165) is 10.9 Å². The third-order valence-electron chi connectivity index (χ3n) is 4.37. The average Bonchev–Trinajstić information content (AvgIpc) is 3.03. The first kappa shape index (κ1) is 16.9. The Morgan fingerprint density at radius 2 is 2.12 bits per heavy atom. The van der Waals surface area contributed by atoms with E-state index in [-0.39, 0.29) is 17.7 Å². The van der Waals surface area contributed by atoms with E-state index < -0.39 is 10.0 Å². The van der Waals surface area contributed by atoms with Crippen molar-refractivity contribution in [3.05, 3.63) is 30.0 Å². The Labute approximate surface area is 141 Å². The molecule has 1 aliphatic heterocycles. The molecule has 1 aromatic carbocycles. The maximum Gasteiger partial charge on any atom is 0.253 e. The zero-order valence-electron chi connectivity index (χ0n) is 13.7. The van der Waals surface area contributed by atoms with Crippen LogP contribution in [0.3, 0.4) is 0 Å². The number of hydrogen-bond acceptors (Lipinski definition) is 4. The third kappa shape index (κ3) is 3.44. The first-order valence-corrected chi connectivity index (χ1v) is 9.83. The second kappa shape index (κ2) is 6.90. The highest BCUT2D eigenvalue weighted by molar-refractivity contribution is 7.89. The summed E-state index contributed by atoms with van der Waals surface area (Å²) in [6.07, 6.45) is 3.57. The van der Waals surface area contributed by atoms with Crippen molar-refractivity contribution in [3.63, 3.8) is 0 Å². The number of benzene rings is 1. The van der Waals surface area contributed by atoms with Gasteiger partial charge >= 0.3 is 0 Å². The highest BCUT2D eigenvalue weighted by Crippen LogP contribution is 2.18. The van der Waals surface area contributed by atoms with Crippen molar-refractivity contribution in [2.75, 3.05) is 18.8 Å². The summed E-state index contributed by atoms with van der Waals surface area (Å²) >= 11 is 0. The van der Waals surface area contributed by atoms with Gasteiger partial charge in [0.2, 0.25) is 10.0 Å². The minimum atomic E-state index is -3.15. The maximum absolute atomic E-state index is 12.5. The first-order chi connectivity index (χ1) is 11.5. The lowest BCUT2D eigenvalue weighted by atomic mass is 10.1. The van der Waals surface area contributed by atoms with Crippen molar-refractivity contribution in [2.45, 2.75) is 32.2 Å². The van der Waals surface area contributed by atoms with Crippen LogP contribution in [0.25, 0.3) is 10.9 Å². The normalized spacial score (nSPS) is 17.2. The van der Waals surface area contributed by atoms with Crippen molar-refractivity contribution in [3.8, 4) is 0 Å². The summed E-state index contributed by atoms with van der Waals surface area (Å²) < 4.78 is 25.7. The van der Waals surface area contributed by atoms with Gasteiger partial charge < -0.3 is 5.32 Å². The number of carbonyl (C=O) groups is 1. The molecule has 0 unspecified atom stereocenters. The quantitative estimate of drug-likeness (QED) is 0.854. The van der Waals surface area contributed by atoms with Crippen LogP contribution in [0.15, 0.2) is 24.4 Å². The molecule has 130 valence electrons. The summed E-state index contributed by atoms with van der Waals surface area (Å²) in [6.45, 7) is 2.78. The standard InChI is InChI=1S/C16H22N4O3S/c1-2-10-24(22,23)20-8-6-13(7-9-20)18-16(21)14-5-3-4-12-11-17-19-15(12)14/h3-5,11,13H,2,6-10H2,1H3,(H,17,19)(H,18,21). The largest absolute Gasteiger partial charge is 0.349 e. The Morgan fingerprint density at radius 1 is 1.38 bits per heavy atom. The lowest BCUT2D eigenvalue weighted by Gasteiger charge is -2.31. The van der Waals surface area contributed by atoms with Crippen molar-refractivity contribution < 1.29 is 13.2 Å². The van der Waals surface area contributed by atoms with Crippen LogP contribution in [0.1, 0.15) is 36.5 Å². The van der Waals surface area contributed by atoms with Gasteiger partial charge in [-0.15, -0.1) is 0 Å². The average molecular weight is 350 g/mol. The minimum absolute atomic E-state index is 0.0104. The highest BCUT2D eigenvalue weighted by Gasteiger charge is 2.28. The third-order valence-corrected chi connectivity index (χ3v) is 6.44. The van der Waals surface area contributed by atoms with Gasteiger partial charge in [-0.3, -0.25) is 9.89 Å². The number of carbonyl (C=O) groups excluding carboxylic acids is 1. The van der Waals surface area contributed by atoms with Crippen molar-refractivity contribution in [1.29, 1.82) is 0 Å². The van der Waals surface area contributed by atoms with Crippen LogP contribution in [0.2, 0.25) is 0 Å². The van der Waals surface area contributed by atoms with Crippen molar-refractivity contribution in [1.82, 2.24) is 19.8 Å². The molecule has 8 heteroatoms. The lowest BCUT2D eigenvalue weighted by molar-refractivity contribution is 0.0925. The molecule has 0 radical (unpaired) electrons. The molecule has 7 nitrogen and oxygen atoms in total. The zero-order valence-corrected chi connectivity index (χ0v) is 14.5. The molecule has 0 saturated carbocycles. The minimum Gasteiger partial charge on any atom is -0.349 e. The number of para-hydroxylation sites is 1. The number of nitrogens with one attached hydrogen (secondary N) is 2. The predicted octanol–water partition coefficient (Wildman–Crippen LogP) is 1.50. The van der Waals surface area contributed by atoms with Gasteiger partial charge in [-0.05, 0) is 25.3 Å². The Balaban J connectivity index is 1.62. The molecule has 2 aromatic rings. The molecular formula is C16H22N4O3S. The summed E-state index contributed by atoms with van der Waals surface area (Å²) in [5.74, 6) is 0.0333. The fourth-order valence-electron chi connectivity index (χ4n) is 3.09. The monoisotopic (exact) mass is 350 g/mol. The molecule has 3 rings (SSSR count). The van der Waals surface area contributed by atoms with E-state index in [1.165, 1.54) is 4.31 Å². The van der Waals surface area contributed by atoms with Crippen LogP contribution in [0.4, 0.5) is 0 Å². The number of H-pyrrole nitrogens is 1. The second-order valence-corrected chi connectivity index (χ2v) is 8.19. The van der Waals surface area contributed by atoms with E-state index >= 15 is 0 Å². The number of piperidine rings is 1. The first-order valence-electron chi connectivity index (χ1n) is 8.22. The van der Waals surface area contributed by atoms with E-state index in [1.807, 2.05) is 19.1 Å². The summed E-state index contributed by atoms with van der Waals surface area (Å²) in [6, 6.07) is 5.47. The SMILES string of the molecule is CCCS(=O)(=O)N1CCC(NC(=O)c2cccc3cn[nH]c23)CC1. The molecular weight excluding hydrogens is 328 g/mol. The molecule has 2 heterocycles. The smallest absolute Gasteiger partial charge is 0.253 e. The van der Waals surface area contributed by atoms with Crippen LogP contribution >= 0.6 is 0 Å². The van der Waals surface area contributed by atoms with E-state index in [1.54, 1.807) is 12.3 Å². The maximum atomic E-state index is 12.5. The second-order valence-electron chi connectivity index (χ2n) is 6.10. The summed E-state index contributed by atoms with van der Waals surface area (Å²) in [5.41, 5.74) is 1.28. The Hall–Kier alpha value is -1.93. The predicted molar refractivity (Wildman–Crippen MR) is 92.2 cm³/mol. The fourth-order valence-corrected chi connectivity index (χ4v) is 4.63. The Bertz CT molecular complexity index is 823. The molecule has 2 N–H and O–H groups in total. The van der Waals surface area contributed by atoms with Gasteiger partial charge in [0.05, 0.1) is 23.0 Å². The van der Waals surface area contributed by atoms with Crippen molar-refractivity contribution >= 4 is 26.8 Å². The van der Waals surface area contributed by atoms with Crippen LogP contribution in [-0.2, 0) is 10.0 Å². The number of rotatable bonds is 5. The van der Waals surface area contributed by atoms with E-state index in [9.17, 15) is 13.2 Å². The molecule has 0 bridgehead atoms. The lowest BCUT2D eigenvalue weighted by Crippen LogP contribution is -2.47. The zero-order chi connectivity index (χ0) is 17.2. The highest BCUT2D eigenvalue weighted by atomic mass is 32.2. The van der Waals surface area contributed by atoms with Crippen LogP contribution in [0, 0.1) is 0 Å². The molecule has 1 aliphatic rings. The Morgan fingerprint density at radius 3 is 2.83 bits per heavy atom. The van der Waals surface area contributed by atoms with E-state index in [2.05, 4.69) is 15.5 Å². The van der Waals surface area contributed by atoms with Gasteiger partial charge in [-0.25, -0.2) is 12.7 Å². The summed E-state index contributed by atoms with van der Waals surface area (Å²) in [7, 11) is -3.15. The number of aromatic nitrogens is 2. The van der Waals surface area contributed by atoms with Crippen LogP contribution in [0.5, 0.6) is 0 Å². The Kier molecular flexibility index (Phi) is 4.86. The molecule has 24 heavy (non-hydrogen) atoms. The number of hydrogen-bond donors (Lipinski definition) is 2. The van der Waals surface area contributed by atoms with Crippen LogP contribution < -0.4 is 5.32 Å². The number of amides is 1. The topological polar surface area (TPSA) is 95.2 Å². The summed E-state index contributed by atoms with van der Waals surface area (Å²) in [5, 5.41) is 10.7. The van der Waals surface area contributed by atoms with Crippen molar-refractivity contribution in [2.24, 2.45) is 0 Å². The van der Waals surface area contributed by atoms with Gasteiger partial charge in [0, 0.05) is 24.5 Å². The van der Waals surface area contributed by atoms with Gasteiger partial charge in [0.1, 0.15) is 0 Å². The molecule has 0 aliphatic carbocycles. The molecule has 0 atom stereocenters. The number of nitrogens with zero attached hydrogens (tertiary/aromatic N) is 2. The van der Waals surface area contributed by atoms with E-state index in [4.69, 9.17) is 0 Å². The fraction of sp³-hybridized carbons (Fsp3) is 0.500. The van der Waals surface area contributed by atoms with Gasteiger partial charge in [-0.1, -0.05) is 19.1 Å². The summed E-state index contributed by atoms with van der Waals surface area (Å²) in [4.78, 5) is 12.5. The van der Waals surface area contributed by atoms with Gasteiger partial charge in [0.15, 0.2) is 0 Å². The molecule has 1 amide bonds.